The number of alkyl halides is 1. The summed E-state index contributed by atoms with van der Waals surface area (Å²) in [6, 6.07) is 0.788. The Morgan fingerprint density at radius 3 is 2.20 bits per heavy atom. The molecule has 0 bridgehead atoms. The Hall–Kier alpha value is 0.440. The van der Waals surface area contributed by atoms with E-state index in [0.717, 1.165) is 17.3 Å². The maximum Gasteiger partial charge on any atom is 0.01000 e. The highest BCUT2D eigenvalue weighted by Crippen LogP contribution is 2.33. The van der Waals surface area contributed by atoms with Gasteiger partial charge < -0.3 is 0 Å². The summed E-state index contributed by atoms with van der Waals surface area (Å²) in [6.07, 6.45) is 3.95. The molecule has 0 aliphatic carbocycles. The van der Waals surface area contributed by atoms with Crippen LogP contribution in [0.5, 0.6) is 0 Å². The van der Waals surface area contributed by atoms with E-state index < -0.39 is 0 Å². The number of likely N-dealkylation sites (tertiary alicyclic amines) is 1. The quantitative estimate of drug-likeness (QED) is 0.688. The van der Waals surface area contributed by atoms with E-state index in [1.807, 2.05) is 0 Å². The van der Waals surface area contributed by atoms with Crippen LogP contribution in [0, 0.1) is 11.3 Å². The van der Waals surface area contributed by atoms with Crippen molar-refractivity contribution in [2.45, 2.75) is 53.0 Å². The molecule has 1 rings (SSSR count). The molecule has 0 aromatic rings. The third-order valence-corrected chi connectivity index (χ3v) is 5.42. The Bertz CT molecular complexity index is 181. The van der Waals surface area contributed by atoms with E-state index in [-0.39, 0.29) is 0 Å². The van der Waals surface area contributed by atoms with Crippen molar-refractivity contribution in [3.05, 3.63) is 0 Å². The summed E-state index contributed by atoms with van der Waals surface area (Å²) in [4.78, 5) is 2.69. The number of hydrogen-bond donors (Lipinski definition) is 0. The molecule has 90 valence electrons. The van der Waals surface area contributed by atoms with Crippen molar-refractivity contribution in [3.63, 3.8) is 0 Å². The molecular weight excluding hydrogens is 250 g/mol. The van der Waals surface area contributed by atoms with E-state index in [4.69, 9.17) is 0 Å². The molecule has 0 amide bonds. The molecule has 2 atom stereocenters. The first-order chi connectivity index (χ1) is 7.06. The Morgan fingerprint density at radius 2 is 1.87 bits per heavy atom. The molecule has 0 spiro atoms. The highest BCUT2D eigenvalue weighted by Gasteiger charge is 2.33. The second kappa shape index (κ2) is 5.67. The van der Waals surface area contributed by atoms with Crippen molar-refractivity contribution in [1.82, 2.24) is 4.90 Å². The maximum absolute atomic E-state index is 3.71. The summed E-state index contributed by atoms with van der Waals surface area (Å²) in [5.41, 5.74) is 0.498. The lowest BCUT2D eigenvalue weighted by atomic mass is 9.84. The first-order valence-electron chi connectivity index (χ1n) is 6.37. The van der Waals surface area contributed by atoms with Crippen LogP contribution in [0.25, 0.3) is 0 Å². The average Bonchev–Trinajstić information content (AvgIpc) is 2.54. The smallest absolute Gasteiger partial charge is 0.01000 e. The van der Waals surface area contributed by atoms with Crippen LogP contribution in [0.1, 0.15) is 47.0 Å². The molecule has 1 aliphatic heterocycles. The van der Waals surface area contributed by atoms with E-state index >= 15 is 0 Å². The fourth-order valence-corrected chi connectivity index (χ4v) is 3.71. The van der Waals surface area contributed by atoms with Gasteiger partial charge in [-0.3, -0.25) is 4.90 Å². The fraction of sp³-hybridized carbons (Fsp3) is 1.00. The molecular formula is C13H26BrN. The van der Waals surface area contributed by atoms with Gasteiger partial charge in [0.2, 0.25) is 0 Å². The highest BCUT2D eigenvalue weighted by atomic mass is 79.9. The molecule has 0 radical (unpaired) electrons. The van der Waals surface area contributed by atoms with Gasteiger partial charge in [0.15, 0.2) is 0 Å². The van der Waals surface area contributed by atoms with Crippen LogP contribution in [-0.2, 0) is 0 Å². The van der Waals surface area contributed by atoms with Crippen LogP contribution in [0.3, 0.4) is 0 Å². The largest absolute Gasteiger partial charge is 0.300 e. The standard InChI is InChI=1S/C13H26BrN/c1-5-13(6-2,9-14)10-15-8-11(3)7-12(15)4/h11-12H,5-10H2,1-4H3. The van der Waals surface area contributed by atoms with E-state index in [9.17, 15) is 0 Å². The normalized spacial score (nSPS) is 28.6. The summed E-state index contributed by atoms with van der Waals surface area (Å²) < 4.78 is 0. The molecule has 1 heterocycles. The zero-order valence-electron chi connectivity index (χ0n) is 10.7. The minimum absolute atomic E-state index is 0.498. The zero-order chi connectivity index (χ0) is 11.5. The Morgan fingerprint density at radius 1 is 1.27 bits per heavy atom. The van der Waals surface area contributed by atoms with Crippen molar-refractivity contribution in [2.75, 3.05) is 18.4 Å². The molecule has 1 aliphatic rings. The Kier molecular flexibility index (Phi) is 5.11. The first-order valence-corrected chi connectivity index (χ1v) is 7.49. The van der Waals surface area contributed by atoms with Crippen molar-refractivity contribution >= 4 is 15.9 Å². The van der Waals surface area contributed by atoms with Crippen molar-refractivity contribution in [2.24, 2.45) is 11.3 Å². The maximum atomic E-state index is 3.71. The summed E-state index contributed by atoms with van der Waals surface area (Å²) in [7, 11) is 0. The zero-order valence-corrected chi connectivity index (χ0v) is 12.3. The van der Waals surface area contributed by atoms with Crippen LogP contribution in [0.4, 0.5) is 0 Å². The molecule has 1 nitrogen and oxygen atoms in total. The molecule has 0 N–H and O–H groups in total. The van der Waals surface area contributed by atoms with Crippen molar-refractivity contribution in [1.29, 1.82) is 0 Å². The Balaban J connectivity index is 2.58. The predicted molar refractivity (Wildman–Crippen MR) is 71.6 cm³/mol. The van der Waals surface area contributed by atoms with Gasteiger partial charge in [-0.15, -0.1) is 0 Å². The predicted octanol–water partition coefficient (Wildman–Crippen LogP) is 3.92. The van der Waals surface area contributed by atoms with Crippen LogP contribution in [0.15, 0.2) is 0 Å². The van der Waals surface area contributed by atoms with Crippen LogP contribution >= 0.6 is 15.9 Å². The molecule has 2 unspecified atom stereocenters. The molecule has 1 fully saturated rings. The van der Waals surface area contributed by atoms with Gasteiger partial charge in [-0.25, -0.2) is 0 Å². The van der Waals surface area contributed by atoms with Gasteiger partial charge in [0.05, 0.1) is 0 Å². The molecule has 0 aromatic carbocycles. The van der Waals surface area contributed by atoms with Crippen molar-refractivity contribution in [3.8, 4) is 0 Å². The third kappa shape index (κ3) is 3.20. The van der Waals surface area contributed by atoms with Crippen LogP contribution < -0.4 is 0 Å². The minimum atomic E-state index is 0.498. The van der Waals surface area contributed by atoms with Gasteiger partial charge in [0.1, 0.15) is 0 Å². The second-order valence-electron chi connectivity index (χ2n) is 5.46. The van der Waals surface area contributed by atoms with Gasteiger partial charge in [0.25, 0.3) is 0 Å². The van der Waals surface area contributed by atoms with Crippen molar-refractivity contribution < 1.29 is 0 Å². The van der Waals surface area contributed by atoms with Crippen LogP contribution in [-0.4, -0.2) is 29.4 Å². The SMILES string of the molecule is CCC(CC)(CBr)CN1CC(C)CC1C. The minimum Gasteiger partial charge on any atom is -0.300 e. The van der Waals surface area contributed by atoms with Gasteiger partial charge in [0, 0.05) is 24.5 Å². The topological polar surface area (TPSA) is 3.24 Å². The number of nitrogens with zero attached hydrogens (tertiary/aromatic N) is 1. The lowest BCUT2D eigenvalue weighted by Gasteiger charge is -2.36. The van der Waals surface area contributed by atoms with Gasteiger partial charge in [-0.05, 0) is 37.5 Å². The molecule has 15 heavy (non-hydrogen) atoms. The van der Waals surface area contributed by atoms with E-state index in [2.05, 4.69) is 48.5 Å². The lowest BCUT2D eigenvalue weighted by Crippen LogP contribution is -2.40. The number of rotatable bonds is 5. The van der Waals surface area contributed by atoms with Gasteiger partial charge >= 0.3 is 0 Å². The Labute approximate surface area is 104 Å². The number of halogens is 1. The van der Waals surface area contributed by atoms with Gasteiger partial charge in [-0.1, -0.05) is 36.7 Å². The third-order valence-electron chi connectivity index (χ3n) is 4.23. The molecule has 2 heteroatoms. The van der Waals surface area contributed by atoms with E-state index in [1.165, 1.54) is 32.4 Å². The molecule has 0 saturated carbocycles. The first kappa shape index (κ1) is 13.5. The highest BCUT2D eigenvalue weighted by molar-refractivity contribution is 9.09. The molecule has 0 aromatic heterocycles. The molecule has 1 saturated heterocycles. The monoisotopic (exact) mass is 275 g/mol. The number of hydrogen-bond acceptors (Lipinski definition) is 1. The summed E-state index contributed by atoms with van der Waals surface area (Å²) in [5.74, 6) is 0.890. The van der Waals surface area contributed by atoms with Crippen LogP contribution in [0.2, 0.25) is 0 Å². The van der Waals surface area contributed by atoms with E-state index in [0.29, 0.717) is 5.41 Å². The summed E-state index contributed by atoms with van der Waals surface area (Å²) in [6.45, 7) is 12.0. The van der Waals surface area contributed by atoms with E-state index in [1.54, 1.807) is 0 Å². The summed E-state index contributed by atoms with van der Waals surface area (Å²) in [5, 5.41) is 1.14. The fourth-order valence-electron chi connectivity index (χ4n) is 2.74. The second-order valence-corrected chi connectivity index (χ2v) is 6.02. The summed E-state index contributed by atoms with van der Waals surface area (Å²) >= 11 is 3.71. The van der Waals surface area contributed by atoms with Gasteiger partial charge in [-0.2, -0.15) is 0 Å². The average molecular weight is 276 g/mol. The lowest BCUT2D eigenvalue weighted by molar-refractivity contribution is 0.152.